The van der Waals surface area contributed by atoms with Gasteiger partial charge in [0.05, 0.1) is 19.1 Å². The quantitative estimate of drug-likeness (QED) is 0.631. The van der Waals surface area contributed by atoms with Crippen molar-refractivity contribution in [1.29, 1.82) is 0 Å². The number of hydrogen-bond donors (Lipinski definition) is 2. The maximum atomic E-state index is 11.1. The Balaban J connectivity index is 2.72. The lowest BCUT2D eigenvalue weighted by molar-refractivity contribution is -0.127. The maximum Gasteiger partial charge on any atom is 0.149 e. The van der Waals surface area contributed by atoms with Gasteiger partial charge in [0.25, 0.3) is 0 Å². The van der Waals surface area contributed by atoms with Crippen LogP contribution >= 0.6 is 0 Å². The number of carbonyl (C=O) groups is 2. The van der Waals surface area contributed by atoms with Gasteiger partial charge in [0.2, 0.25) is 0 Å². The van der Waals surface area contributed by atoms with Gasteiger partial charge in [-0.2, -0.15) is 0 Å². The van der Waals surface area contributed by atoms with Crippen molar-refractivity contribution in [3.8, 4) is 0 Å². The molecule has 0 aromatic heterocycles. The van der Waals surface area contributed by atoms with Crippen molar-refractivity contribution in [2.45, 2.75) is 18.1 Å². The number of carbonyl (C=O) groups excluding carboxylic acids is 2. The minimum Gasteiger partial charge on any atom is -0.394 e. The molecule has 0 saturated heterocycles. The number of aliphatic hydroxyl groups excluding tert-OH is 2. The highest BCUT2D eigenvalue weighted by atomic mass is 16.5. The fraction of sp³-hybridized carbons (Fsp3) is 0.385. The van der Waals surface area contributed by atoms with Crippen LogP contribution in [0.15, 0.2) is 30.3 Å². The van der Waals surface area contributed by atoms with E-state index >= 15 is 0 Å². The summed E-state index contributed by atoms with van der Waals surface area (Å²) in [6, 6.07) is 8.77. The molecule has 0 aliphatic carbocycles. The molecule has 0 aliphatic rings. The number of ether oxygens (including phenoxy) is 1. The Morgan fingerprint density at radius 2 is 1.83 bits per heavy atom. The van der Waals surface area contributed by atoms with Crippen LogP contribution in [-0.4, -0.2) is 48.2 Å². The topological polar surface area (TPSA) is 83.8 Å². The highest BCUT2D eigenvalue weighted by Crippen LogP contribution is 2.18. The van der Waals surface area contributed by atoms with E-state index in [9.17, 15) is 9.59 Å². The molecule has 1 rings (SSSR count). The van der Waals surface area contributed by atoms with E-state index < -0.39 is 24.7 Å². The predicted octanol–water partition coefficient (Wildman–Crippen LogP) is -0.0936. The van der Waals surface area contributed by atoms with Crippen molar-refractivity contribution in [3.05, 3.63) is 35.9 Å². The SMILES string of the molecule is O=CC(OCC(O)CO)C(C=O)c1ccccc1. The van der Waals surface area contributed by atoms with E-state index in [1.54, 1.807) is 30.3 Å². The molecule has 5 heteroatoms. The van der Waals surface area contributed by atoms with E-state index in [4.69, 9.17) is 14.9 Å². The van der Waals surface area contributed by atoms with Crippen molar-refractivity contribution >= 4 is 12.6 Å². The lowest BCUT2D eigenvalue weighted by Gasteiger charge is -2.19. The smallest absolute Gasteiger partial charge is 0.149 e. The molecule has 3 unspecified atom stereocenters. The number of rotatable bonds is 8. The third-order valence-corrected chi connectivity index (χ3v) is 2.51. The Morgan fingerprint density at radius 1 is 1.17 bits per heavy atom. The van der Waals surface area contributed by atoms with E-state index in [0.717, 1.165) is 0 Å². The summed E-state index contributed by atoms with van der Waals surface area (Å²) in [6.45, 7) is -0.653. The van der Waals surface area contributed by atoms with Crippen molar-refractivity contribution in [2.24, 2.45) is 0 Å². The van der Waals surface area contributed by atoms with Crippen molar-refractivity contribution < 1.29 is 24.5 Å². The average molecular weight is 252 g/mol. The summed E-state index contributed by atoms with van der Waals surface area (Å²) in [6.07, 6.45) is -0.864. The first-order chi connectivity index (χ1) is 8.72. The average Bonchev–Trinajstić information content (AvgIpc) is 2.43. The minimum atomic E-state index is -1.06. The third-order valence-electron chi connectivity index (χ3n) is 2.51. The molecule has 0 heterocycles. The molecule has 0 bridgehead atoms. The molecular formula is C13H16O5. The fourth-order valence-electron chi connectivity index (χ4n) is 1.52. The van der Waals surface area contributed by atoms with Crippen molar-refractivity contribution in [2.75, 3.05) is 13.2 Å². The molecule has 3 atom stereocenters. The van der Waals surface area contributed by atoms with Crippen LogP contribution in [0.5, 0.6) is 0 Å². The van der Waals surface area contributed by atoms with Gasteiger partial charge in [0, 0.05) is 0 Å². The maximum absolute atomic E-state index is 11.1. The lowest BCUT2D eigenvalue weighted by atomic mass is 9.95. The van der Waals surface area contributed by atoms with Crippen LogP contribution in [0.4, 0.5) is 0 Å². The van der Waals surface area contributed by atoms with Gasteiger partial charge < -0.3 is 24.5 Å². The van der Waals surface area contributed by atoms with Crippen LogP contribution < -0.4 is 0 Å². The minimum absolute atomic E-state index is 0.197. The Hall–Kier alpha value is -1.56. The lowest BCUT2D eigenvalue weighted by Crippen LogP contribution is -2.30. The van der Waals surface area contributed by atoms with Gasteiger partial charge in [0.15, 0.2) is 0 Å². The van der Waals surface area contributed by atoms with Gasteiger partial charge in [-0.1, -0.05) is 30.3 Å². The van der Waals surface area contributed by atoms with Gasteiger partial charge in [-0.3, -0.25) is 0 Å². The summed E-state index contributed by atoms with van der Waals surface area (Å²) in [4.78, 5) is 22.0. The summed E-state index contributed by atoms with van der Waals surface area (Å²) in [5.74, 6) is -0.713. The zero-order valence-electron chi connectivity index (χ0n) is 9.81. The summed E-state index contributed by atoms with van der Waals surface area (Å²) >= 11 is 0. The molecule has 0 spiro atoms. The van der Waals surface area contributed by atoms with Gasteiger partial charge in [-0.05, 0) is 5.56 Å². The van der Waals surface area contributed by atoms with Crippen LogP contribution in [0.1, 0.15) is 11.5 Å². The summed E-state index contributed by atoms with van der Waals surface area (Å²) in [5.41, 5.74) is 0.670. The van der Waals surface area contributed by atoms with E-state index in [1.165, 1.54) is 0 Å². The summed E-state index contributed by atoms with van der Waals surface area (Å²) < 4.78 is 5.14. The van der Waals surface area contributed by atoms with Crippen LogP contribution in [0, 0.1) is 0 Å². The summed E-state index contributed by atoms with van der Waals surface area (Å²) in [7, 11) is 0. The van der Waals surface area contributed by atoms with Gasteiger partial charge in [0.1, 0.15) is 24.8 Å². The molecule has 0 amide bonds. The van der Waals surface area contributed by atoms with Gasteiger partial charge in [-0.25, -0.2) is 0 Å². The summed E-state index contributed by atoms with van der Waals surface area (Å²) in [5, 5.41) is 17.8. The zero-order chi connectivity index (χ0) is 13.4. The van der Waals surface area contributed by atoms with Gasteiger partial charge >= 0.3 is 0 Å². The van der Waals surface area contributed by atoms with E-state index in [2.05, 4.69) is 0 Å². The Labute approximate surface area is 105 Å². The van der Waals surface area contributed by atoms with E-state index in [0.29, 0.717) is 18.1 Å². The molecule has 1 aromatic carbocycles. The first-order valence-corrected chi connectivity index (χ1v) is 5.59. The molecular weight excluding hydrogens is 236 g/mol. The normalized spacial score (nSPS) is 15.7. The molecule has 2 N–H and O–H groups in total. The Kier molecular flexibility index (Phi) is 6.21. The fourth-order valence-corrected chi connectivity index (χ4v) is 1.52. The third kappa shape index (κ3) is 4.03. The number of benzene rings is 1. The Bertz CT molecular complexity index is 365. The van der Waals surface area contributed by atoms with E-state index in [-0.39, 0.29) is 6.61 Å². The van der Waals surface area contributed by atoms with Crippen molar-refractivity contribution in [3.63, 3.8) is 0 Å². The van der Waals surface area contributed by atoms with Gasteiger partial charge in [-0.15, -0.1) is 0 Å². The van der Waals surface area contributed by atoms with Crippen LogP contribution in [0.25, 0.3) is 0 Å². The van der Waals surface area contributed by atoms with Crippen LogP contribution in [-0.2, 0) is 14.3 Å². The van der Waals surface area contributed by atoms with Crippen LogP contribution in [0.3, 0.4) is 0 Å². The molecule has 18 heavy (non-hydrogen) atoms. The zero-order valence-corrected chi connectivity index (χ0v) is 9.81. The molecule has 0 fully saturated rings. The molecule has 98 valence electrons. The highest BCUT2D eigenvalue weighted by molar-refractivity contribution is 5.72. The second kappa shape index (κ2) is 7.71. The Morgan fingerprint density at radius 3 is 2.33 bits per heavy atom. The van der Waals surface area contributed by atoms with E-state index in [1.807, 2.05) is 0 Å². The molecule has 0 radical (unpaired) electrons. The molecule has 1 aromatic rings. The largest absolute Gasteiger partial charge is 0.394 e. The second-order valence-electron chi connectivity index (χ2n) is 3.84. The first kappa shape index (κ1) is 14.5. The predicted molar refractivity (Wildman–Crippen MR) is 64.1 cm³/mol. The molecule has 0 saturated carbocycles. The van der Waals surface area contributed by atoms with Crippen LogP contribution in [0.2, 0.25) is 0 Å². The molecule has 0 aliphatic heterocycles. The standard InChI is InChI=1S/C13H16O5/c14-6-11(17)9-18-13(8-16)12(7-15)10-4-2-1-3-5-10/h1-5,7-8,11-14,17H,6,9H2. The monoisotopic (exact) mass is 252 g/mol. The number of hydrogen-bond acceptors (Lipinski definition) is 5. The second-order valence-corrected chi connectivity index (χ2v) is 3.84. The number of aliphatic hydroxyl groups is 2. The van der Waals surface area contributed by atoms with Crippen molar-refractivity contribution in [1.82, 2.24) is 0 Å². The highest BCUT2D eigenvalue weighted by Gasteiger charge is 2.23. The molecule has 5 nitrogen and oxygen atoms in total. The first-order valence-electron chi connectivity index (χ1n) is 5.59. The number of aldehydes is 2.